The van der Waals surface area contributed by atoms with E-state index in [0.29, 0.717) is 5.02 Å². The molecule has 2 aromatic carbocycles. The molecule has 1 N–H and O–H groups in total. The summed E-state index contributed by atoms with van der Waals surface area (Å²) >= 11 is 7.57. The molecule has 0 spiro atoms. The Hall–Kier alpha value is -2.50. The van der Waals surface area contributed by atoms with Crippen LogP contribution < -0.4 is 10.3 Å². The van der Waals surface area contributed by atoms with Crippen LogP contribution in [0.15, 0.2) is 64.5 Å². The summed E-state index contributed by atoms with van der Waals surface area (Å²) < 4.78 is 6.03. The van der Waals surface area contributed by atoms with E-state index < -0.39 is 0 Å². The summed E-state index contributed by atoms with van der Waals surface area (Å²) in [7, 11) is 0. The molecule has 2 aromatic heterocycles. The quantitative estimate of drug-likeness (QED) is 0.610. The molecule has 0 saturated heterocycles. The summed E-state index contributed by atoms with van der Waals surface area (Å²) in [6.45, 7) is 0. The van der Waals surface area contributed by atoms with Crippen LogP contribution in [0.4, 0.5) is 5.13 Å². The molecule has 0 atom stereocenters. The molecule has 6 heteroatoms. The lowest BCUT2D eigenvalue weighted by Crippen LogP contribution is -2.70. The monoisotopic (exact) mass is 340 g/mol. The first-order valence-corrected chi connectivity index (χ1v) is 8.20. The Balaban J connectivity index is 2.03. The van der Waals surface area contributed by atoms with Crippen molar-refractivity contribution in [2.24, 2.45) is 0 Å². The van der Waals surface area contributed by atoms with Gasteiger partial charge in [-0.15, -0.1) is 0 Å². The first-order valence-electron chi connectivity index (χ1n) is 6.94. The van der Waals surface area contributed by atoms with Crippen LogP contribution in [-0.4, -0.2) is 10.2 Å². The van der Waals surface area contributed by atoms with Crippen LogP contribution in [0.5, 0.6) is 0 Å². The van der Waals surface area contributed by atoms with Gasteiger partial charge in [0.05, 0.1) is 10.5 Å². The molecule has 0 fully saturated rings. The molecule has 2 heterocycles. The van der Waals surface area contributed by atoms with Gasteiger partial charge in [-0.25, -0.2) is 4.99 Å². The van der Waals surface area contributed by atoms with Crippen molar-refractivity contribution in [2.45, 2.75) is 0 Å². The van der Waals surface area contributed by atoms with Crippen molar-refractivity contribution in [3.05, 3.63) is 70.5 Å². The summed E-state index contributed by atoms with van der Waals surface area (Å²) in [4.78, 5) is 3.29. The van der Waals surface area contributed by atoms with E-state index in [1.54, 1.807) is 5.51 Å². The van der Waals surface area contributed by atoms with E-state index in [0.717, 1.165) is 32.8 Å². The minimum Gasteiger partial charge on any atom is -0.456 e. The van der Waals surface area contributed by atoms with Crippen LogP contribution in [0, 0.1) is 0 Å². The predicted octanol–water partition coefficient (Wildman–Crippen LogP) is 2.92. The minimum atomic E-state index is 0.653. The van der Waals surface area contributed by atoms with E-state index in [9.17, 15) is 0 Å². The second-order valence-electron chi connectivity index (χ2n) is 4.90. The molecule has 0 aliphatic rings. The number of fused-ring (bicyclic) bond motifs is 1. The fourth-order valence-corrected chi connectivity index (χ4v) is 2.98. The number of nitrogens with one attached hydrogen (secondary N) is 1. The molecule has 0 radical (unpaired) electrons. The van der Waals surface area contributed by atoms with Crippen LogP contribution in [0.3, 0.4) is 0 Å². The number of hydrogen-bond donors (Lipinski definition) is 1. The Labute approximate surface area is 140 Å². The SMILES string of the molecule is Clc1ccc2oc(-c3ccccc3)c/c(=[NH+]/c3nncs3)c2c1. The Morgan fingerprint density at radius 1 is 1.04 bits per heavy atom. The lowest BCUT2D eigenvalue weighted by atomic mass is 10.1. The molecule has 0 amide bonds. The summed E-state index contributed by atoms with van der Waals surface area (Å²) in [6.07, 6.45) is 0. The Kier molecular flexibility index (Phi) is 3.65. The summed E-state index contributed by atoms with van der Waals surface area (Å²) in [5.41, 5.74) is 3.44. The largest absolute Gasteiger partial charge is 0.456 e. The number of halogens is 1. The van der Waals surface area contributed by atoms with Gasteiger partial charge in [0.25, 0.3) is 0 Å². The Morgan fingerprint density at radius 2 is 1.91 bits per heavy atom. The van der Waals surface area contributed by atoms with Gasteiger partial charge in [-0.05, 0) is 34.6 Å². The normalized spacial score (nSPS) is 12.0. The van der Waals surface area contributed by atoms with Crippen molar-refractivity contribution in [2.75, 3.05) is 0 Å². The Morgan fingerprint density at radius 3 is 2.70 bits per heavy atom. The average molecular weight is 341 g/mol. The molecule has 0 saturated carbocycles. The molecule has 0 aliphatic carbocycles. The topological polar surface area (TPSA) is 52.9 Å². The van der Waals surface area contributed by atoms with Gasteiger partial charge in [-0.1, -0.05) is 41.9 Å². The van der Waals surface area contributed by atoms with Gasteiger partial charge in [0.1, 0.15) is 22.2 Å². The highest BCUT2D eigenvalue weighted by Crippen LogP contribution is 2.23. The molecule has 0 unspecified atom stereocenters. The zero-order chi connectivity index (χ0) is 15.6. The minimum absolute atomic E-state index is 0.653. The van der Waals surface area contributed by atoms with Crippen LogP contribution in [-0.2, 0) is 0 Å². The van der Waals surface area contributed by atoms with Crippen LogP contribution in [0.1, 0.15) is 0 Å². The highest BCUT2D eigenvalue weighted by molar-refractivity contribution is 7.12. The molecule has 4 nitrogen and oxygen atoms in total. The van der Waals surface area contributed by atoms with Crippen molar-refractivity contribution in [3.8, 4) is 11.3 Å². The molecule has 4 aromatic rings. The maximum atomic E-state index is 6.13. The van der Waals surface area contributed by atoms with Gasteiger partial charge >= 0.3 is 5.13 Å². The number of aromatic nitrogens is 2. The van der Waals surface area contributed by atoms with Gasteiger partial charge in [0, 0.05) is 16.7 Å². The van der Waals surface area contributed by atoms with Gasteiger partial charge in [0.2, 0.25) is 0 Å². The van der Waals surface area contributed by atoms with Crippen LogP contribution >= 0.6 is 22.9 Å². The average Bonchev–Trinajstić information content (AvgIpc) is 3.09. The lowest BCUT2D eigenvalue weighted by Gasteiger charge is -2.04. The summed E-state index contributed by atoms with van der Waals surface area (Å²) in [6, 6.07) is 17.5. The molecule has 4 rings (SSSR count). The third kappa shape index (κ3) is 2.88. The fraction of sp³-hybridized carbons (Fsp3) is 0. The van der Waals surface area contributed by atoms with Crippen molar-refractivity contribution in [1.82, 2.24) is 10.2 Å². The van der Waals surface area contributed by atoms with Crippen molar-refractivity contribution < 1.29 is 9.41 Å². The van der Waals surface area contributed by atoms with Crippen molar-refractivity contribution >= 4 is 39.0 Å². The van der Waals surface area contributed by atoms with Crippen LogP contribution in [0.2, 0.25) is 5.02 Å². The van der Waals surface area contributed by atoms with Crippen molar-refractivity contribution in [1.29, 1.82) is 0 Å². The van der Waals surface area contributed by atoms with E-state index in [4.69, 9.17) is 16.0 Å². The van der Waals surface area contributed by atoms with E-state index >= 15 is 0 Å². The van der Waals surface area contributed by atoms with Crippen molar-refractivity contribution in [3.63, 3.8) is 0 Å². The number of nitrogens with zero attached hydrogens (tertiary/aromatic N) is 2. The summed E-state index contributed by atoms with van der Waals surface area (Å²) in [5, 5.41) is 11.0. The van der Waals surface area contributed by atoms with Gasteiger partial charge in [-0.3, -0.25) is 0 Å². The first-order chi connectivity index (χ1) is 11.3. The second kappa shape index (κ2) is 5.95. The maximum absolute atomic E-state index is 6.13. The Bertz CT molecular complexity index is 1030. The van der Waals surface area contributed by atoms with E-state index in [-0.39, 0.29) is 0 Å². The number of rotatable bonds is 2. The van der Waals surface area contributed by atoms with Gasteiger partial charge in [-0.2, -0.15) is 0 Å². The van der Waals surface area contributed by atoms with E-state index in [1.807, 2.05) is 54.6 Å². The summed E-state index contributed by atoms with van der Waals surface area (Å²) in [5.74, 6) is 0.771. The highest BCUT2D eigenvalue weighted by atomic mass is 35.5. The molecule has 0 aliphatic heterocycles. The predicted molar refractivity (Wildman–Crippen MR) is 90.3 cm³/mol. The molecule has 0 bridgehead atoms. The second-order valence-corrected chi connectivity index (χ2v) is 6.17. The van der Waals surface area contributed by atoms with Crippen LogP contribution in [0.25, 0.3) is 22.3 Å². The van der Waals surface area contributed by atoms with E-state index in [1.165, 1.54) is 11.3 Å². The highest BCUT2D eigenvalue weighted by Gasteiger charge is 2.10. The maximum Gasteiger partial charge on any atom is 0.408 e. The molecular formula is C17H11ClN3OS+. The van der Waals surface area contributed by atoms with Gasteiger partial charge < -0.3 is 4.42 Å². The number of hydrogen-bond acceptors (Lipinski definition) is 4. The third-order valence-corrected chi connectivity index (χ3v) is 4.23. The standard InChI is InChI=1S/C17H10ClN3OS/c18-12-6-7-15-13(8-12)14(20-17-21-19-10-23-17)9-16(22-15)11-4-2-1-3-5-11/h1-10H/p+1/b20-14-. The molecular weight excluding hydrogens is 330 g/mol. The molecule has 112 valence electrons. The number of benzene rings is 2. The zero-order valence-corrected chi connectivity index (χ0v) is 13.4. The smallest absolute Gasteiger partial charge is 0.408 e. The zero-order valence-electron chi connectivity index (χ0n) is 11.9. The first kappa shape index (κ1) is 14.1. The lowest BCUT2D eigenvalue weighted by molar-refractivity contribution is -0.401. The fourth-order valence-electron chi connectivity index (χ4n) is 2.35. The van der Waals surface area contributed by atoms with Gasteiger partial charge in [0.15, 0.2) is 0 Å². The van der Waals surface area contributed by atoms with E-state index in [2.05, 4.69) is 15.2 Å². The third-order valence-electron chi connectivity index (χ3n) is 3.39. The molecule has 23 heavy (non-hydrogen) atoms.